The molecule has 0 aliphatic heterocycles. The van der Waals surface area contributed by atoms with Gasteiger partial charge in [-0.25, -0.2) is 0 Å². The largest absolute Gasteiger partial charge is 0.397 e. The molecule has 0 amide bonds. The molecule has 0 heterocycles. The van der Waals surface area contributed by atoms with Crippen molar-refractivity contribution in [1.82, 2.24) is 4.90 Å². The number of nitrogens with one attached hydrogen (secondary N) is 1. The lowest BCUT2D eigenvalue weighted by Crippen LogP contribution is -2.14. The highest BCUT2D eigenvalue weighted by Crippen LogP contribution is 2.19. The van der Waals surface area contributed by atoms with Crippen LogP contribution in [0, 0.1) is 6.92 Å². The molecule has 1 rings (SSSR count). The molecule has 3 N–H and O–H groups in total. The Balaban J connectivity index is 2.29. The standard InChI is InChI=1S/C13H23N3/c1-11-6-7-12(14)13(10-11)15-8-4-5-9-16(2)3/h6-7,10,15H,4-5,8-9,14H2,1-3H3. The van der Waals surface area contributed by atoms with Crippen LogP contribution in [0.5, 0.6) is 0 Å². The Kier molecular flexibility index (Phi) is 5.12. The van der Waals surface area contributed by atoms with E-state index < -0.39 is 0 Å². The maximum Gasteiger partial charge on any atom is 0.0576 e. The Bertz CT molecular complexity index is 321. The number of nitrogens with two attached hydrogens (primary N) is 1. The summed E-state index contributed by atoms with van der Waals surface area (Å²) < 4.78 is 0. The zero-order valence-corrected chi connectivity index (χ0v) is 10.6. The molecule has 0 fully saturated rings. The van der Waals surface area contributed by atoms with E-state index in [1.165, 1.54) is 18.4 Å². The smallest absolute Gasteiger partial charge is 0.0576 e. The molecule has 0 aromatic heterocycles. The summed E-state index contributed by atoms with van der Waals surface area (Å²) in [4.78, 5) is 2.21. The van der Waals surface area contributed by atoms with Crippen molar-refractivity contribution in [2.75, 3.05) is 38.2 Å². The van der Waals surface area contributed by atoms with Crippen LogP contribution in [0.25, 0.3) is 0 Å². The molecule has 1 aromatic carbocycles. The predicted octanol–water partition coefficient (Wildman–Crippen LogP) is 2.33. The Morgan fingerprint density at radius 3 is 2.69 bits per heavy atom. The molecule has 0 unspecified atom stereocenters. The van der Waals surface area contributed by atoms with Gasteiger partial charge < -0.3 is 16.0 Å². The van der Waals surface area contributed by atoms with Gasteiger partial charge in [0, 0.05) is 6.54 Å². The number of rotatable bonds is 6. The molecule has 0 saturated carbocycles. The Labute approximate surface area is 98.6 Å². The van der Waals surface area contributed by atoms with Crippen molar-refractivity contribution < 1.29 is 0 Å². The topological polar surface area (TPSA) is 41.3 Å². The van der Waals surface area contributed by atoms with Gasteiger partial charge in [-0.1, -0.05) is 6.07 Å². The minimum absolute atomic E-state index is 0.832. The van der Waals surface area contributed by atoms with E-state index in [-0.39, 0.29) is 0 Å². The van der Waals surface area contributed by atoms with Crippen molar-refractivity contribution in [3.8, 4) is 0 Å². The Hall–Kier alpha value is -1.22. The summed E-state index contributed by atoms with van der Waals surface area (Å²) in [5, 5.41) is 3.38. The molecular weight excluding hydrogens is 198 g/mol. The molecule has 0 radical (unpaired) electrons. The van der Waals surface area contributed by atoms with E-state index in [0.29, 0.717) is 0 Å². The monoisotopic (exact) mass is 221 g/mol. The first-order valence-corrected chi connectivity index (χ1v) is 5.84. The van der Waals surface area contributed by atoms with E-state index in [9.17, 15) is 0 Å². The molecular formula is C13H23N3. The third-order valence-corrected chi connectivity index (χ3v) is 2.56. The maximum absolute atomic E-state index is 5.88. The van der Waals surface area contributed by atoms with Gasteiger partial charge >= 0.3 is 0 Å². The van der Waals surface area contributed by atoms with Gasteiger partial charge in [0.25, 0.3) is 0 Å². The van der Waals surface area contributed by atoms with Crippen molar-refractivity contribution in [3.05, 3.63) is 23.8 Å². The zero-order chi connectivity index (χ0) is 12.0. The lowest BCUT2D eigenvalue weighted by atomic mass is 10.2. The number of hydrogen-bond donors (Lipinski definition) is 2. The van der Waals surface area contributed by atoms with E-state index in [1.807, 2.05) is 12.1 Å². The van der Waals surface area contributed by atoms with Crippen molar-refractivity contribution in [3.63, 3.8) is 0 Å². The number of unbranched alkanes of at least 4 members (excludes halogenated alkanes) is 1. The highest BCUT2D eigenvalue weighted by molar-refractivity contribution is 5.66. The molecule has 3 heteroatoms. The molecule has 16 heavy (non-hydrogen) atoms. The van der Waals surface area contributed by atoms with Crippen LogP contribution in [0.15, 0.2) is 18.2 Å². The van der Waals surface area contributed by atoms with Crippen molar-refractivity contribution in [2.45, 2.75) is 19.8 Å². The third-order valence-electron chi connectivity index (χ3n) is 2.56. The van der Waals surface area contributed by atoms with Crippen LogP contribution in [-0.2, 0) is 0 Å². The molecule has 0 bridgehead atoms. The summed E-state index contributed by atoms with van der Waals surface area (Å²) in [5.41, 5.74) is 9.01. The van der Waals surface area contributed by atoms with Crippen molar-refractivity contribution >= 4 is 11.4 Å². The lowest BCUT2D eigenvalue weighted by Gasteiger charge is -2.11. The fourth-order valence-corrected chi connectivity index (χ4v) is 1.60. The Morgan fingerprint density at radius 1 is 1.25 bits per heavy atom. The van der Waals surface area contributed by atoms with E-state index in [4.69, 9.17) is 5.73 Å². The van der Waals surface area contributed by atoms with Gasteiger partial charge in [0.1, 0.15) is 0 Å². The normalized spacial score (nSPS) is 10.8. The Morgan fingerprint density at radius 2 is 2.00 bits per heavy atom. The van der Waals surface area contributed by atoms with E-state index >= 15 is 0 Å². The van der Waals surface area contributed by atoms with E-state index in [2.05, 4.69) is 37.3 Å². The van der Waals surface area contributed by atoms with Crippen molar-refractivity contribution in [1.29, 1.82) is 0 Å². The van der Waals surface area contributed by atoms with Gasteiger partial charge in [-0.15, -0.1) is 0 Å². The number of nitrogens with zero attached hydrogens (tertiary/aromatic N) is 1. The quantitative estimate of drug-likeness (QED) is 0.572. The van der Waals surface area contributed by atoms with Crippen LogP contribution >= 0.6 is 0 Å². The number of benzene rings is 1. The van der Waals surface area contributed by atoms with Crippen LogP contribution in [0.1, 0.15) is 18.4 Å². The van der Waals surface area contributed by atoms with Gasteiger partial charge in [-0.2, -0.15) is 0 Å². The van der Waals surface area contributed by atoms with Gasteiger partial charge in [0.2, 0.25) is 0 Å². The second-order valence-electron chi connectivity index (χ2n) is 4.53. The minimum Gasteiger partial charge on any atom is -0.397 e. The molecule has 1 aromatic rings. The summed E-state index contributed by atoms with van der Waals surface area (Å²) in [5.74, 6) is 0. The van der Waals surface area contributed by atoms with E-state index in [1.54, 1.807) is 0 Å². The number of anilines is 2. The number of nitrogen functional groups attached to an aromatic ring is 1. The van der Waals surface area contributed by atoms with Crippen LogP contribution in [0.2, 0.25) is 0 Å². The molecule has 0 atom stereocenters. The van der Waals surface area contributed by atoms with Crippen LogP contribution in [0.3, 0.4) is 0 Å². The van der Waals surface area contributed by atoms with Gasteiger partial charge in [-0.05, 0) is 58.1 Å². The SMILES string of the molecule is Cc1ccc(N)c(NCCCCN(C)C)c1. The summed E-state index contributed by atoms with van der Waals surface area (Å²) in [7, 11) is 4.21. The second-order valence-corrected chi connectivity index (χ2v) is 4.53. The average Bonchev–Trinajstić information content (AvgIpc) is 2.22. The number of hydrogen-bond acceptors (Lipinski definition) is 3. The predicted molar refractivity (Wildman–Crippen MR) is 71.9 cm³/mol. The fraction of sp³-hybridized carbons (Fsp3) is 0.538. The lowest BCUT2D eigenvalue weighted by molar-refractivity contribution is 0.396. The van der Waals surface area contributed by atoms with Gasteiger partial charge in [0.15, 0.2) is 0 Å². The van der Waals surface area contributed by atoms with Gasteiger partial charge in [0.05, 0.1) is 11.4 Å². The highest BCUT2D eigenvalue weighted by atomic mass is 15.0. The van der Waals surface area contributed by atoms with Crippen molar-refractivity contribution in [2.24, 2.45) is 0 Å². The number of aryl methyl sites for hydroxylation is 1. The third kappa shape index (κ3) is 4.53. The second kappa shape index (κ2) is 6.38. The van der Waals surface area contributed by atoms with Crippen LogP contribution < -0.4 is 11.1 Å². The molecule has 0 spiro atoms. The molecule has 0 aliphatic carbocycles. The average molecular weight is 221 g/mol. The van der Waals surface area contributed by atoms with Crippen LogP contribution in [-0.4, -0.2) is 32.1 Å². The van der Waals surface area contributed by atoms with E-state index in [0.717, 1.165) is 24.5 Å². The fourth-order valence-electron chi connectivity index (χ4n) is 1.60. The summed E-state index contributed by atoms with van der Waals surface area (Å²) in [6.07, 6.45) is 2.39. The molecule has 3 nitrogen and oxygen atoms in total. The molecule has 0 saturated heterocycles. The first-order valence-electron chi connectivity index (χ1n) is 5.84. The zero-order valence-electron chi connectivity index (χ0n) is 10.6. The maximum atomic E-state index is 5.88. The first kappa shape index (κ1) is 12.8. The first-order chi connectivity index (χ1) is 7.59. The summed E-state index contributed by atoms with van der Waals surface area (Å²) >= 11 is 0. The van der Waals surface area contributed by atoms with Gasteiger partial charge in [-0.3, -0.25) is 0 Å². The summed E-state index contributed by atoms with van der Waals surface area (Å²) in [6, 6.07) is 6.09. The minimum atomic E-state index is 0.832. The molecule has 90 valence electrons. The molecule has 0 aliphatic rings. The summed E-state index contributed by atoms with van der Waals surface area (Å²) in [6.45, 7) is 4.21. The highest BCUT2D eigenvalue weighted by Gasteiger charge is 1.98. The van der Waals surface area contributed by atoms with Crippen LogP contribution in [0.4, 0.5) is 11.4 Å².